The molecule has 0 bridgehead atoms. The van der Waals surface area contributed by atoms with Crippen molar-refractivity contribution in [2.45, 2.75) is 13.8 Å². The number of amides is 2. The Morgan fingerprint density at radius 2 is 1.28 bits per heavy atom. The monoisotopic (exact) mass is 523 g/mol. The van der Waals surface area contributed by atoms with Gasteiger partial charge >= 0.3 is 0 Å². The van der Waals surface area contributed by atoms with Crippen LogP contribution in [0.4, 0.5) is 0 Å². The predicted molar refractivity (Wildman–Crippen MR) is 152 cm³/mol. The van der Waals surface area contributed by atoms with Gasteiger partial charge in [0.1, 0.15) is 11.5 Å². The van der Waals surface area contributed by atoms with Gasteiger partial charge in [0.25, 0.3) is 11.8 Å². The number of aryl methyl sites for hydroxylation is 1. The fourth-order valence-corrected chi connectivity index (χ4v) is 5.10. The van der Waals surface area contributed by atoms with Gasteiger partial charge in [-0.1, -0.05) is 29.8 Å². The molecule has 3 aromatic carbocycles. The van der Waals surface area contributed by atoms with Gasteiger partial charge in [0.15, 0.2) is 0 Å². The van der Waals surface area contributed by atoms with E-state index in [0.717, 1.165) is 28.4 Å². The van der Waals surface area contributed by atoms with Crippen LogP contribution in [0.1, 0.15) is 32.0 Å². The SMILES string of the molecule is COc1ccc(-c2cc(C(=O)N3CCN(C(=O)c4ccccc4OC)CC3)c(C)n2-c2ccc(C)cc2)cc1. The Morgan fingerprint density at radius 3 is 1.87 bits per heavy atom. The molecule has 7 heteroatoms. The van der Waals surface area contributed by atoms with Crippen LogP contribution < -0.4 is 9.47 Å². The first-order chi connectivity index (χ1) is 18.9. The molecule has 1 aliphatic rings. The third-order valence-electron chi connectivity index (χ3n) is 7.35. The first kappa shape index (κ1) is 26.1. The smallest absolute Gasteiger partial charge is 0.257 e. The summed E-state index contributed by atoms with van der Waals surface area (Å²) in [7, 11) is 3.21. The highest BCUT2D eigenvalue weighted by Crippen LogP contribution is 2.32. The number of piperazine rings is 1. The van der Waals surface area contributed by atoms with E-state index in [9.17, 15) is 9.59 Å². The average molecular weight is 524 g/mol. The van der Waals surface area contributed by atoms with Gasteiger partial charge in [-0.25, -0.2) is 0 Å². The number of hydrogen-bond donors (Lipinski definition) is 0. The number of rotatable bonds is 6. The lowest BCUT2D eigenvalue weighted by Crippen LogP contribution is -2.50. The second-order valence-electron chi connectivity index (χ2n) is 9.71. The first-order valence-corrected chi connectivity index (χ1v) is 13.1. The van der Waals surface area contributed by atoms with E-state index in [-0.39, 0.29) is 11.8 Å². The van der Waals surface area contributed by atoms with Crippen LogP contribution >= 0.6 is 0 Å². The van der Waals surface area contributed by atoms with Crippen LogP contribution in [0.3, 0.4) is 0 Å². The molecule has 0 N–H and O–H groups in total. The standard InChI is InChI=1S/C32H33N3O4/c1-22-9-13-25(14-10-22)35-23(2)28(21-29(35)24-11-15-26(38-3)16-12-24)32(37)34-19-17-33(18-20-34)31(36)27-7-5-6-8-30(27)39-4/h5-16,21H,17-20H2,1-4H3. The third kappa shape index (κ3) is 5.12. The number of carbonyl (C=O) groups excluding carboxylic acids is 2. The summed E-state index contributed by atoms with van der Waals surface area (Å²) >= 11 is 0. The summed E-state index contributed by atoms with van der Waals surface area (Å²) in [5.74, 6) is 1.22. The van der Waals surface area contributed by atoms with Crippen LogP contribution in [0.2, 0.25) is 0 Å². The molecule has 0 spiro atoms. The Kier molecular flexibility index (Phi) is 7.41. The predicted octanol–water partition coefficient (Wildman–Crippen LogP) is 5.38. The number of ether oxygens (including phenoxy) is 2. The normalized spacial score (nSPS) is 13.3. The molecule has 2 heterocycles. The van der Waals surface area contributed by atoms with E-state index < -0.39 is 0 Å². The molecule has 5 rings (SSSR count). The second kappa shape index (κ2) is 11.1. The molecule has 0 unspecified atom stereocenters. The van der Waals surface area contributed by atoms with E-state index >= 15 is 0 Å². The number of aromatic nitrogens is 1. The van der Waals surface area contributed by atoms with Gasteiger partial charge in [0.2, 0.25) is 0 Å². The highest BCUT2D eigenvalue weighted by Gasteiger charge is 2.29. The van der Waals surface area contributed by atoms with E-state index in [1.54, 1.807) is 31.3 Å². The van der Waals surface area contributed by atoms with Gasteiger partial charge in [-0.3, -0.25) is 9.59 Å². The average Bonchev–Trinajstić information content (AvgIpc) is 3.33. The van der Waals surface area contributed by atoms with Crippen LogP contribution in [0.5, 0.6) is 11.5 Å². The van der Waals surface area contributed by atoms with E-state index in [2.05, 4.69) is 35.8 Å². The molecule has 1 aliphatic heterocycles. The van der Waals surface area contributed by atoms with Crippen molar-refractivity contribution < 1.29 is 19.1 Å². The van der Waals surface area contributed by atoms with Gasteiger partial charge < -0.3 is 23.8 Å². The third-order valence-corrected chi connectivity index (χ3v) is 7.35. The number of nitrogens with zero attached hydrogens (tertiary/aromatic N) is 3. The quantitative estimate of drug-likeness (QED) is 0.341. The zero-order valence-electron chi connectivity index (χ0n) is 22.8. The number of benzene rings is 3. The minimum absolute atomic E-state index is 0.0301. The fourth-order valence-electron chi connectivity index (χ4n) is 5.10. The summed E-state index contributed by atoms with van der Waals surface area (Å²) in [4.78, 5) is 30.6. The van der Waals surface area contributed by atoms with Gasteiger partial charge in [-0.2, -0.15) is 0 Å². The van der Waals surface area contributed by atoms with Crippen molar-refractivity contribution in [1.29, 1.82) is 0 Å². The maximum absolute atomic E-state index is 13.8. The molecule has 1 aromatic heterocycles. The fraction of sp³-hybridized carbons (Fsp3) is 0.250. The van der Waals surface area contributed by atoms with Crippen molar-refractivity contribution >= 4 is 11.8 Å². The van der Waals surface area contributed by atoms with Crippen LogP contribution in [0.15, 0.2) is 78.9 Å². The summed E-state index contributed by atoms with van der Waals surface area (Å²) in [6.07, 6.45) is 0. The van der Waals surface area contributed by atoms with Crippen molar-refractivity contribution in [3.05, 3.63) is 101 Å². The van der Waals surface area contributed by atoms with E-state index in [1.165, 1.54) is 5.56 Å². The molecule has 4 aromatic rings. The molecule has 1 saturated heterocycles. The Balaban J connectivity index is 1.41. The molecule has 0 atom stereocenters. The molecule has 2 amide bonds. The summed E-state index contributed by atoms with van der Waals surface area (Å²) in [6, 6.07) is 25.4. The number of carbonyl (C=O) groups is 2. The maximum Gasteiger partial charge on any atom is 0.257 e. The molecule has 0 saturated carbocycles. The highest BCUT2D eigenvalue weighted by atomic mass is 16.5. The zero-order valence-corrected chi connectivity index (χ0v) is 22.8. The van der Waals surface area contributed by atoms with Crippen molar-refractivity contribution in [3.63, 3.8) is 0 Å². The van der Waals surface area contributed by atoms with Gasteiger partial charge in [-0.15, -0.1) is 0 Å². The molecule has 200 valence electrons. The van der Waals surface area contributed by atoms with Gasteiger partial charge in [0, 0.05) is 37.6 Å². The van der Waals surface area contributed by atoms with Crippen molar-refractivity contribution in [2.75, 3.05) is 40.4 Å². The Morgan fingerprint density at radius 1 is 0.692 bits per heavy atom. The molecule has 0 radical (unpaired) electrons. The van der Waals surface area contributed by atoms with Crippen LogP contribution in [-0.4, -0.2) is 66.6 Å². The van der Waals surface area contributed by atoms with Crippen LogP contribution in [0, 0.1) is 13.8 Å². The number of para-hydroxylation sites is 1. The van der Waals surface area contributed by atoms with Crippen molar-refractivity contribution in [3.8, 4) is 28.4 Å². The van der Waals surface area contributed by atoms with E-state index in [0.29, 0.717) is 43.1 Å². The molecule has 1 fully saturated rings. The Labute approximate surface area is 229 Å². The van der Waals surface area contributed by atoms with E-state index in [1.807, 2.05) is 54.3 Å². The number of methoxy groups -OCH3 is 2. The van der Waals surface area contributed by atoms with Crippen molar-refractivity contribution in [2.24, 2.45) is 0 Å². The van der Waals surface area contributed by atoms with Crippen LogP contribution in [0.25, 0.3) is 16.9 Å². The minimum atomic E-state index is -0.0805. The Hall–Kier alpha value is -4.52. The van der Waals surface area contributed by atoms with Crippen LogP contribution in [-0.2, 0) is 0 Å². The Bertz CT molecular complexity index is 1480. The molecule has 39 heavy (non-hydrogen) atoms. The second-order valence-corrected chi connectivity index (χ2v) is 9.71. The summed E-state index contributed by atoms with van der Waals surface area (Å²) in [5, 5.41) is 0. The summed E-state index contributed by atoms with van der Waals surface area (Å²) in [6.45, 7) is 5.91. The van der Waals surface area contributed by atoms with E-state index in [4.69, 9.17) is 9.47 Å². The van der Waals surface area contributed by atoms with Gasteiger partial charge in [-0.05, 0) is 74.0 Å². The first-order valence-electron chi connectivity index (χ1n) is 13.1. The minimum Gasteiger partial charge on any atom is -0.497 e. The molecular weight excluding hydrogens is 490 g/mol. The summed E-state index contributed by atoms with van der Waals surface area (Å²) < 4.78 is 12.9. The highest BCUT2D eigenvalue weighted by molar-refractivity contribution is 5.99. The molecule has 0 aliphatic carbocycles. The lowest BCUT2D eigenvalue weighted by molar-refractivity contribution is 0.0533. The van der Waals surface area contributed by atoms with Crippen molar-refractivity contribution in [1.82, 2.24) is 14.4 Å². The molecule has 7 nitrogen and oxygen atoms in total. The zero-order chi connectivity index (χ0) is 27.5. The maximum atomic E-state index is 13.8. The van der Waals surface area contributed by atoms with Gasteiger partial charge in [0.05, 0.1) is 31.0 Å². The topological polar surface area (TPSA) is 64.0 Å². The summed E-state index contributed by atoms with van der Waals surface area (Å²) in [5.41, 5.74) is 6.17. The number of hydrogen-bond acceptors (Lipinski definition) is 4. The lowest BCUT2D eigenvalue weighted by Gasteiger charge is -2.35. The molecular formula is C32H33N3O4. The largest absolute Gasteiger partial charge is 0.497 e. The lowest BCUT2D eigenvalue weighted by atomic mass is 10.1.